The molecule has 0 unspecified atom stereocenters. The summed E-state index contributed by atoms with van der Waals surface area (Å²) >= 11 is 0. The van der Waals surface area contributed by atoms with Gasteiger partial charge in [0.2, 0.25) is 0 Å². The third kappa shape index (κ3) is 3.59. The summed E-state index contributed by atoms with van der Waals surface area (Å²) in [4.78, 5) is 12.7. The van der Waals surface area contributed by atoms with E-state index >= 15 is 0 Å². The van der Waals surface area contributed by atoms with Gasteiger partial charge in [0.05, 0.1) is 0 Å². The monoisotopic (exact) mass is 266 g/mol. The number of rotatable bonds is 4. The molecule has 2 heteroatoms. The van der Waals surface area contributed by atoms with Crippen molar-refractivity contribution in [3.05, 3.63) is 0 Å². The van der Waals surface area contributed by atoms with Crippen LogP contribution in [0.1, 0.15) is 78.1 Å². The Morgan fingerprint density at radius 3 is 2.16 bits per heavy atom. The maximum absolute atomic E-state index is 12.7. The molecule has 2 saturated carbocycles. The maximum Gasteiger partial charge on any atom is 0.164 e. The fourth-order valence-electron chi connectivity index (χ4n) is 3.77. The predicted octanol–water partition coefficient (Wildman–Crippen LogP) is 4.51. The molecule has 2 fully saturated rings. The molecule has 0 atom stereocenters. The Morgan fingerprint density at radius 1 is 1.05 bits per heavy atom. The number of methoxy groups -OCH3 is 1. The number of carbonyl (C=O) groups excluding carboxylic acids is 1. The van der Waals surface area contributed by atoms with Crippen LogP contribution in [0, 0.1) is 11.3 Å². The Bertz CT molecular complexity index is 303. The summed E-state index contributed by atoms with van der Waals surface area (Å²) in [6.07, 6.45) is 11.3. The van der Waals surface area contributed by atoms with Crippen LogP contribution in [0.3, 0.4) is 0 Å². The zero-order valence-corrected chi connectivity index (χ0v) is 13.0. The lowest BCUT2D eigenvalue weighted by Gasteiger charge is -2.42. The lowest BCUT2D eigenvalue weighted by atomic mass is 9.68. The van der Waals surface area contributed by atoms with Crippen molar-refractivity contribution in [3.8, 4) is 0 Å². The number of carbonyl (C=O) groups is 1. The molecule has 2 aliphatic carbocycles. The van der Waals surface area contributed by atoms with Gasteiger partial charge in [-0.1, -0.05) is 46.0 Å². The number of hydrogen-bond acceptors (Lipinski definition) is 2. The molecule has 110 valence electrons. The Morgan fingerprint density at radius 2 is 1.63 bits per heavy atom. The van der Waals surface area contributed by atoms with Crippen LogP contribution in [0.25, 0.3) is 0 Å². The molecule has 2 aliphatic rings. The second kappa shape index (κ2) is 5.95. The Kier molecular flexibility index (Phi) is 4.70. The summed E-state index contributed by atoms with van der Waals surface area (Å²) in [5, 5.41) is 0. The van der Waals surface area contributed by atoms with E-state index < -0.39 is 5.60 Å². The maximum atomic E-state index is 12.7. The van der Waals surface area contributed by atoms with Crippen molar-refractivity contribution in [2.75, 3.05) is 7.11 Å². The Balaban J connectivity index is 1.94. The molecule has 0 spiro atoms. The van der Waals surface area contributed by atoms with E-state index in [1.807, 2.05) is 0 Å². The molecule has 2 nitrogen and oxygen atoms in total. The van der Waals surface area contributed by atoms with E-state index in [-0.39, 0.29) is 0 Å². The van der Waals surface area contributed by atoms with Crippen LogP contribution in [0.15, 0.2) is 0 Å². The van der Waals surface area contributed by atoms with E-state index in [1.165, 1.54) is 32.1 Å². The van der Waals surface area contributed by atoms with Crippen molar-refractivity contribution in [2.24, 2.45) is 11.3 Å². The summed E-state index contributed by atoms with van der Waals surface area (Å²) in [5.74, 6) is 1.01. The van der Waals surface area contributed by atoms with E-state index in [1.54, 1.807) is 7.11 Å². The van der Waals surface area contributed by atoms with Gasteiger partial charge in [0.25, 0.3) is 0 Å². The average Bonchev–Trinajstić information content (AvgIpc) is 2.40. The molecule has 0 aliphatic heterocycles. The molecule has 0 bridgehead atoms. The van der Waals surface area contributed by atoms with Crippen LogP contribution in [0.4, 0.5) is 0 Å². The van der Waals surface area contributed by atoms with Crippen molar-refractivity contribution in [1.29, 1.82) is 0 Å². The molecular weight excluding hydrogens is 236 g/mol. The molecular formula is C17H30O2. The summed E-state index contributed by atoms with van der Waals surface area (Å²) in [6, 6.07) is 0. The topological polar surface area (TPSA) is 26.3 Å². The molecule has 0 aromatic heterocycles. The van der Waals surface area contributed by atoms with Gasteiger partial charge in [0.15, 0.2) is 5.78 Å². The van der Waals surface area contributed by atoms with E-state index in [4.69, 9.17) is 4.74 Å². The van der Waals surface area contributed by atoms with E-state index in [9.17, 15) is 4.79 Å². The lowest BCUT2D eigenvalue weighted by Crippen LogP contribution is -2.46. The normalized spacial score (nSPS) is 27.1. The van der Waals surface area contributed by atoms with Gasteiger partial charge in [-0.25, -0.2) is 0 Å². The zero-order valence-electron chi connectivity index (χ0n) is 13.0. The molecule has 0 amide bonds. The SMILES string of the molecule is COC1(C(=O)CC2CCCCC2)CCC(C)(C)CC1. The summed E-state index contributed by atoms with van der Waals surface area (Å²) in [7, 11) is 1.73. The van der Waals surface area contributed by atoms with Gasteiger partial charge >= 0.3 is 0 Å². The quantitative estimate of drug-likeness (QED) is 0.748. The van der Waals surface area contributed by atoms with Gasteiger partial charge in [-0.15, -0.1) is 0 Å². The first-order valence-corrected chi connectivity index (χ1v) is 8.06. The van der Waals surface area contributed by atoms with Crippen molar-refractivity contribution in [2.45, 2.75) is 83.7 Å². The van der Waals surface area contributed by atoms with Crippen molar-refractivity contribution < 1.29 is 9.53 Å². The van der Waals surface area contributed by atoms with Crippen molar-refractivity contribution >= 4 is 5.78 Å². The Labute approximate surface area is 118 Å². The standard InChI is InChI=1S/C17H30O2/c1-16(2)9-11-17(19-3,12-10-16)15(18)13-14-7-5-4-6-8-14/h14H,4-13H2,1-3H3. The van der Waals surface area contributed by atoms with Gasteiger partial charge in [0, 0.05) is 13.5 Å². The smallest absolute Gasteiger partial charge is 0.164 e. The van der Waals surface area contributed by atoms with Gasteiger partial charge in [-0.2, -0.15) is 0 Å². The summed E-state index contributed by atoms with van der Waals surface area (Å²) in [5.41, 5.74) is -0.0693. The second-order valence-electron chi connectivity index (χ2n) is 7.49. The van der Waals surface area contributed by atoms with E-state index in [0.29, 0.717) is 17.1 Å². The third-order valence-corrected chi connectivity index (χ3v) is 5.51. The van der Waals surface area contributed by atoms with Crippen LogP contribution < -0.4 is 0 Å². The summed E-state index contributed by atoms with van der Waals surface area (Å²) < 4.78 is 5.73. The molecule has 0 aromatic carbocycles. The van der Waals surface area contributed by atoms with E-state index in [2.05, 4.69) is 13.8 Å². The van der Waals surface area contributed by atoms with Crippen LogP contribution in [0.5, 0.6) is 0 Å². The Hall–Kier alpha value is -0.370. The lowest BCUT2D eigenvalue weighted by molar-refractivity contribution is -0.149. The first-order valence-electron chi connectivity index (χ1n) is 8.06. The first kappa shape index (κ1) is 15.0. The van der Waals surface area contributed by atoms with Crippen molar-refractivity contribution in [1.82, 2.24) is 0 Å². The minimum atomic E-state index is -0.451. The van der Waals surface area contributed by atoms with Gasteiger partial charge in [-0.3, -0.25) is 4.79 Å². The molecule has 0 saturated heterocycles. The van der Waals surface area contributed by atoms with Crippen LogP contribution >= 0.6 is 0 Å². The third-order valence-electron chi connectivity index (χ3n) is 5.51. The fourth-order valence-corrected chi connectivity index (χ4v) is 3.77. The van der Waals surface area contributed by atoms with Crippen LogP contribution in [0.2, 0.25) is 0 Å². The zero-order chi connectivity index (χ0) is 13.9. The van der Waals surface area contributed by atoms with Crippen LogP contribution in [-0.2, 0) is 9.53 Å². The minimum Gasteiger partial charge on any atom is -0.370 e. The molecule has 0 aromatic rings. The second-order valence-corrected chi connectivity index (χ2v) is 7.49. The van der Waals surface area contributed by atoms with Crippen molar-refractivity contribution in [3.63, 3.8) is 0 Å². The molecule has 0 heterocycles. The predicted molar refractivity (Wildman–Crippen MR) is 78.2 cm³/mol. The molecule has 19 heavy (non-hydrogen) atoms. The number of ketones is 1. The van der Waals surface area contributed by atoms with Gasteiger partial charge < -0.3 is 4.74 Å². The highest BCUT2D eigenvalue weighted by atomic mass is 16.5. The highest BCUT2D eigenvalue weighted by Gasteiger charge is 2.44. The molecule has 2 rings (SSSR count). The summed E-state index contributed by atoms with van der Waals surface area (Å²) in [6.45, 7) is 4.61. The first-order chi connectivity index (χ1) is 8.97. The largest absolute Gasteiger partial charge is 0.370 e. The highest BCUT2D eigenvalue weighted by Crippen LogP contribution is 2.43. The van der Waals surface area contributed by atoms with Crippen LogP contribution in [-0.4, -0.2) is 18.5 Å². The van der Waals surface area contributed by atoms with E-state index in [0.717, 1.165) is 32.1 Å². The van der Waals surface area contributed by atoms with Gasteiger partial charge in [0.1, 0.15) is 5.60 Å². The highest BCUT2D eigenvalue weighted by molar-refractivity contribution is 5.87. The number of hydrogen-bond donors (Lipinski definition) is 0. The van der Waals surface area contributed by atoms with Gasteiger partial charge in [-0.05, 0) is 37.0 Å². The average molecular weight is 266 g/mol. The minimum absolute atomic E-state index is 0.382. The molecule has 0 radical (unpaired) electrons. The number of Topliss-reactive ketones (excluding diaryl/α,β-unsaturated/α-hetero) is 1. The fraction of sp³-hybridized carbons (Fsp3) is 0.941. The number of ether oxygens (including phenoxy) is 1. The molecule has 0 N–H and O–H groups in total.